The van der Waals surface area contributed by atoms with Crippen LogP contribution in [-0.4, -0.2) is 17.6 Å². The highest BCUT2D eigenvalue weighted by Gasteiger charge is 2.22. The third kappa shape index (κ3) is 3.06. The van der Waals surface area contributed by atoms with Crippen molar-refractivity contribution in [3.8, 4) is 0 Å². The van der Waals surface area contributed by atoms with Gasteiger partial charge in [-0.3, -0.25) is 4.79 Å². The van der Waals surface area contributed by atoms with Crippen LogP contribution < -0.4 is 0 Å². The number of aryl methyl sites for hydroxylation is 1. The van der Waals surface area contributed by atoms with Crippen LogP contribution in [0.1, 0.15) is 42.3 Å². The van der Waals surface area contributed by atoms with Crippen molar-refractivity contribution in [1.82, 2.24) is 4.98 Å². The van der Waals surface area contributed by atoms with E-state index in [1.165, 1.54) is 23.4 Å². The number of carbonyl (C=O) groups is 1. The van der Waals surface area contributed by atoms with Crippen molar-refractivity contribution in [2.45, 2.75) is 46.0 Å². The van der Waals surface area contributed by atoms with E-state index in [1.54, 1.807) is 11.3 Å². The maximum Gasteiger partial charge on any atom is 0.312 e. The highest BCUT2D eigenvalue weighted by Crippen LogP contribution is 2.31. The maximum absolute atomic E-state index is 11.4. The number of esters is 1. The highest BCUT2D eigenvalue weighted by molar-refractivity contribution is 7.11. The predicted molar refractivity (Wildman–Crippen MR) is 68.3 cm³/mol. The lowest BCUT2D eigenvalue weighted by Crippen LogP contribution is -2.11. The van der Waals surface area contributed by atoms with Gasteiger partial charge in [0.1, 0.15) is 5.01 Å². The van der Waals surface area contributed by atoms with E-state index in [0.717, 1.165) is 23.8 Å². The molecule has 1 aromatic rings. The number of fused-ring (bicyclic) bond motifs is 1. The quantitative estimate of drug-likeness (QED) is 0.775. The van der Waals surface area contributed by atoms with Gasteiger partial charge in [-0.25, -0.2) is 4.98 Å². The van der Waals surface area contributed by atoms with Gasteiger partial charge in [-0.15, -0.1) is 11.3 Å². The molecule has 3 nitrogen and oxygen atoms in total. The second kappa shape index (κ2) is 5.63. The van der Waals surface area contributed by atoms with Crippen molar-refractivity contribution < 1.29 is 9.53 Å². The normalized spacial score (nSPS) is 18.8. The van der Waals surface area contributed by atoms with Gasteiger partial charge in [-0.05, 0) is 32.1 Å². The average Bonchev–Trinajstić information content (AvgIpc) is 2.69. The van der Waals surface area contributed by atoms with Crippen molar-refractivity contribution in [2.24, 2.45) is 5.92 Å². The van der Waals surface area contributed by atoms with Gasteiger partial charge in [-0.1, -0.05) is 13.3 Å². The lowest BCUT2D eigenvalue weighted by Gasteiger charge is -2.18. The Bertz CT molecular complexity index is 400. The van der Waals surface area contributed by atoms with Crippen LogP contribution in [0.4, 0.5) is 0 Å². The minimum Gasteiger partial charge on any atom is -0.466 e. The molecule has 0 aromatic carbocycles. The Morgan fingerprint density at radius 3 is 3.06 bits per heavy atom. The summed E-state index contributed by atoms with van der Waals surface area (Å²) in [6.45, 7) is 4.52. The van der Waals surface area contributed by atoms with Gasteiger partial charge in [0.15, 0.2) is 0 Å². The number of ether oxygens (including phenoxy) is 1. The van der Waals surface area contributed by atoms with Gasteiger partial charge < -0.3 is 4.74 Å². The van der Waals surface area contributed by atoms with Crippen molar-refractivity contribution in [3.05, 3.63) is 15.6 Å². The number of rotatable bonds is 4. The molecule has 1 unspecified atom stereocenters. The first-order valence-corrected chi connectivity index (χ1v) is 7.17. The van der Waals surface area contributed by atoms with Crippen LogP contribution in [0.15, 0.2) is 0 Å². The summed E-state index contributed by atoms with van der Waals surface area (Å²) in [5.41, 5.74) is 1.22. The number of aromatic nitrogens is 1. The molecular weight excluding hydrogens is 234 g/mol. The number of hydrogen-bond acceptors (Lipinski definition) is 4. The van der Waals surface area contributed by atoms with Crippen LogP contribution in [-0.2, 0) is 28.8 Å². The highest BCUT2D eigenvalue weighted by atomic mass is 32.1. The fourth-order valence-electron chi connectivity index (χ4n) is 2.26. The molecule has 1 aliphatic carbocycles. The summed E-state index contributed by atoms with van der Waals surface area (Å²) in [5.74, 6) is 0.643. The molecule has 17 heavy (non-hydrogen) atoms. The van der Waals surface area contributed by atoms with Gasteiger partial charge in [0, 0.05) is 4.88 Å². The predicted octanol–water partition coefficient (Wildman–Crippen LogP) is 2.76. The number of carbonyl (C=O) groups excluding carboxylic acids is 1. The Balaban J connectivity index is 2.02. The first-order valence-electron chi connectivity index (χ1n) is 6.36. The van der Waals surface area contributed by atoms with Crippen molar-refractivity contribution in [3.63, 3.8) is 0 Å². The number of nitrogens with zero attached hydrogens (tertiary/aromatic N) is 1. The summed E-state index contributed by atoms with van der Waals surface area (Å²) in [4.78, 5) is 17.3. The molecule has 0 spiro atoms. The van der Waals surface area contributed by atoms with E-state index >= 15 is 0 Å². The van der Waals surface area contributed by atoms with E-state index in [9.17, 15) is 4.79 Å². The van der Waals surface area contributed by atoms with Gasteiger partial charge in [0.25, 0.3) is 0 Å². The monoisotopic (exact) mass is 253 g/mol. The molecule has 1 aromatic heterocycles. The first kappa shape index (κ1) is 12.6. The van der Waals surface area contributed by atoms with Gasteiger partial charge in [0.05, 0.1) is 18.7 Å². The molecule has 1 heterocycles. The minimum atomic E-state index is -0.161. The fourth-order valence-corrected chi connectivity index (χ4v) is 3.47. The second-order valence-electron chi connectivity index (χ2n) is 4.48. The van der Waals surface area contributed by atoms with Crippen molar-refractivity contribution >= 4 is 17.3 Å². The molecular formula is C13H19NO2S. The fraction of sp³-hybridized carbons (Fsp3) is 0.692. The number of thiazole rings is 1. The summed E-state index contributed by atoms with van der Waals surface area (Å²) >= 11 is 1.70. The zero-order valence-electron chi connectivity index (χ0n) is 10.5. The molecule has 4 heteroatoms. The summed E-state index contributed by atoms with van der Waals surface area (Å²) < 4.78 is 4.95. The van der Waals surface area contributed by atoms with Crippen LogP contribution in [0.25, 0.3) is 0 Å². The molecule has 1 aliphatic rings. The topological polar surface area (TPSA) is 39.2 Å². The van der Waals surface area contributed by atoms with Crippen LogP contribution in [0, 0.1) is 5.92 Å². The van der Waals surface area contributed by atoms with Gasteiger partial charge in [0.2, 0.25) is 0 Å². The van der Waals surface area contributed by atoms with E-state index in [1.807, 2.05) is 6.92 Å². The molecule has 0 radical (unpaired) electrons. The molecule has 0 saturated heterocycles. The Morgan fingerprint density at radius 2 is 2.35 bits per heavy atom. The van der Waals surface area contributed by atoms with Gasteiger partial charge in [-0.2, -0.15) is 0 Å². The molecule has 0 aliphatic heterocycles. The van der Waals surface area contributed by atoms with E-state index in [0.29, 0.717) is 13.0 Å². The van der Waals surface area contributed by atoms with Crippen LogP contribution in [0.5, 0.6) is 0 Å². The van der Waals surface area contributed by atoms with E-state index < -0.39 is 0 Å². The second-order valence-corrected chi connectivity index (χ2v) is 5.64. The Kier molecular flexibility index (Phi) is 4.15. The van der Waals surface area contributed by atoms with Gasteiger partial charge >= 0.3 is 5.97 Å². The van der Waals surface area contributed by atoms with Crippen LogP contribution >= 0.6 is 11.3 Å². The lowest BCUT2D eigenvalue weighted by molar-refractivity contribution is -0.142. The Morgan fingerprint density at radius 1 is 1.53 bits per heavy atom. The van der Waals surface area contributed by atoms with Crippen LogP contribution in [0.2, 0.25) is 0 Å². The van der Waals surface area contributed by atoms with E-state index in [4.69, 9.17) is 4.74 Å². The van der Waals surface area contributed by atoms with Crippen molar-refractivity contribution in [1.29, 1.82) is 0 Å². The Hall–Kier alpha value is -0.900. The summed E-state index contributed by atoms with van der Waals surface area (Å²) in [6, 6.07) is 0. The largest absolute Gasteiger partial charge is 0.466 e. The summed E-state index contributed by atoms with van der Waals surface area (Å²) in [5, 5.41) is 0.921. The molecule has 0 amide bonds. The third-order valence-electron chi connectivity index (χ3n) is 3.26. The molecule has 0 N–H and O–H groups in total. The average molecular weight is 253 g/mol. The molecule has 94 valence electrons. The molecule has 0 bridgehead atoms. The SMILES string of the molecule is CCOC(=O)Cc1nc2c(s1)CC(CC)CC2. The van der Waals surface area contributed by atoms with Crippen LogP contribution in [0.3, 0.4) is 0 Å². The van der Waals surface area contributed by atoms with E-state index in [-0.39, 0.29) is 5.97 Å². The molecule has 2 rings (SSSR count). The molecule has 1 atom stereocenters. The van der Waals surface area contributed by atoms with E-state index in [2.05, 4.69) is 11.9 Å². The van der Waals surface area contributed by atoms with Crippen molar-refractivity contribution in [2.75, 3.05) is 6.61 Å². The standard InChI is InChI=1S/C13H19NO2S/c1-3-9-5-6-10-11(7-9)17-12(14-10)8-13(15)16-4-2/h9H,3-8H2,1-2H3. The lowest BCUT2D eigenvalue weighted by atomic mass is 9.89. The maximum atomic E-state index is 11.4. The molecule has 0 fully saturated rings. The number of hydrogen-bond donors (Lipinski definition) is 0. The Labute approximate surface area is 106 Å². The minimum absolute atomic E-state index is 0.161. The third-order valence-corrected chi connectivity index (χ3v) is 4.38. The zero-order chi connectivity index (χ0) is 12.3. The summed E-state index contributed by atoms with van der Waals surface area (Å²) in [6.07, 6.45) is 5.04. The summed E-state index contributed by atoms with van der Waals surface area (Å²) in [7, 11) is 0. The zero-order valence-corrected chi connectivity index (χ0v) is 11.3. The first-order chi connectivity index (χ1) is 8.22. The smallest absolute Gasteiger partial charge is 0.312 e. The molecule has 0 saturated carbocycles.